The van der Waals surface area contributed by atoms with Crippen molar-refractivity contribution in [3.05, 3.63) is 35.6 Å². The van der Waals surface area contributed by atoms with E-state index in [1.54, 1.807) is 0 Å². The van der Waals surface area contributed by atoms with Crippen molar-refractivity contribution in [2.45, 2.75) is 32.6 Å². The molecule has 0 radical (unpaired) electrons. The van der Waals surface area contributed by atoms with Gasteiger partial charge in [-0.1, -0.05) is 31.0 Å². The summed E-state index contributed by atoms with van der Waals surface area (Å²) in [5.74, 6) is 0.252. The van der Waals surface area contributed by atoms with Crippen LogP contribution in [0.2, 0.25) is 0 Å². The fraction of sp³-hybridized carbons (Fsp3) is 0.438. The number of para-hydroxylation sites is 1. The fourth-order valence-corrected chi connectivity index (χ4v) is 2.26. The summed E-state index contributed by atoms with van der Waals surface area (Å²) in [6.07, 6.45) is 3.76. The lowest BCUT2D eigenvalue weighted by molar-refractivity contribution is 0.0926. The molecule has 0 saturated carbocycles. The maximum Gasteiger partial charge on any atom is 0.287 e. The largest absolute Gasteiger partial charge is 0.451 e. The highest BCUT2D eigenvalue weighted by Gasteiger charge is 2.16. The highest BCUT2D eigenvalue weighted by molar-refractivity contribution is 5.98. The van der Waals surface area contributed by atoms with Gasteiger partial charge >= 0.3 is 0 Å². The molecule has 108 valence electrons. The first-order valence-electron chi connectivity index (χ1n) is 7.11. The zero-order chi connectivity index (χ0) is 14.4. The Balaban J connectivity index is 1.89. The van der Waals surface area contributed by atoms with E-state index in [0.717, 1.165) is 42.2 Å². The summed E-state index contributed by atoms with van der Waals surface area (Å²) in [6, 6.07) is 7.66. The summed E-state index contributed by atoms with van der Waals surface area (Å²) in [6.45, 7) is 2.79. The summed E-state index contributed by atoms with van der Waals surface area (Å²) in [7, 11) is 0. The first kappa shape index (κ1) is 14.6. The number of amides is 1. The van der Waals surface area contributed by atoms with Crippen molar-refractivity contribution in [3.8, 4) is 0 Å². The van der Waals surface area contributed by atoms with Crippen molar-refractivity contribution in [2.24, 2.45) is 0 Å². The Kier molecular flexibility index (Phi) is 5.18. The Labute approximate surface area is 118 Å². The molecule has 0 saturated heterocycles. The van der Waals surface area contributed by atoms with Crippen LogP contribution in [-0.4, -0.2) is 24.2 Å². The molecule has 4 heteroatoms. The first-order valence-corrected chi connectivity index (χ1v) is 7.11. The van der Waals surface area contributed by atoms with Gasteiger partial charge in [0.1, 0.15) is 5.58 Å². The minimum Gasteiger partial charge on any atom is -0.451 e. The number of fused-ring (bicyclic) bond motifs is 1. The summed E-state index contributed by atoms with van der Waals surface area (Å²) < 4.78 is 5.61. The first-order chi connectivity index (χ1) is 9.74. The normalized spacial score (nSPS) is 10.9. The molecule has 20 heavy (non-hydrogen) atoms. The third-order valence-electron chi connectivity index (χ3n) is 3.42. The summed E-state index contributed by atoms with van der Waals surface area (Å²) >= 11 is 0. The Hall–Kier alpha value is -1.81. The number of rotatable bonds is 7. The van der Waals surface area contributed by atoms with Gasteiger partial charge in [-0.05, 0) is 25.8 Å². The second-order valence-electron chi connectivity index (χ2n) is 4.95. The van der Waals surface area contributed by atoms with Crippen molar-refractivity contribution in [3.63, 3.8) is 0 Å². The second kappa shape index (κ2) is 7.10. The smallest absolute Gasteiger partial charge is 0.287 e. The number of aryl methyl sites for hydroxylation is 1. The summed E-state index contributed by atoms with van der Waals surface area (Å²) in [5.41, 5.74) is 1.64. The quantitative estimate of drug-likeness (QED) is 0.763. The van der Waals surface area contributed by atoms with E-state index < -0.39 is 0 Å². The molecule has 1 aromatic heterocycles. The molecule has 2 aromatic rings. The van der Waals surface area contributed by atoms with Gasteiger partial charge in [0.2, 0.25) is 0 Å². The van der Waals surface area contributed by atoms with Crippen molar-refractivity contribution in [2.75, 3.05) is 13.2 Å². The minimum absolute atomic E-state index is 0.152. The van der Waals surface area contributed by atoms with E-state index in [2.05, 4.69) is 5.32 Å². The minimum atomic E-state index is -0.152. The molecule has 2 N–H and O–H groups in total. The van der Waals surface area contributed by atoms with E-state index in [9.17, 15) is 4.79 Å². The maximum absolute atomic E-state index is 12.1. The molecule has 0 aliphatic heterocycles. The van der Waals surface area contributed by atoms with Crippen molar-refractivity contribution in [1.82, 2.24) is 5.32 Å². The second-order valence-corrected chi connectivity index (χ2v) is 4.95. The Bertz CT molecular complexity index is 574. The number of hydrogen-bond acceptors (Lipinski definition) is 3. The molecule has 0 bridgehead atoms. The average molecular weight is 275 g/mol. The Morgan fingerprint density at radius 2 is 1.95 bits per heavy atom. The van der Waals surface area contributed by atoms with E-state index in [-0.39, 0.29) is 12.5 Å². The van der Waals surface area contributed by atoms with Gasteiger partial charge in [0.05, 0.1) is 0 Å². The van der Waals surface area contributed by atoms with Gasteiger partial charge in [-0.25, -0.2) is 0 Å². The zero-order valence-corrected chi connectivity index (χ0v) is 11.8. The molecule has 1 amide bonds. The highest BCUT2D eigenvalue weighted by atomic mass is 16.3. The molecule has 0 fully saturated rings. The van der Waals surface area contributed by atoms with E-state index in [0.29, 0.717) is 12.3 Å². The molecular weight excluding hydrogens is 254 g/mol. The number of benzene rings is 1. The molecule has 2 rings (SSSR count). The number of aliphatic hydroxyl groups excluding tert-OH is 1. The van der Waals surface area contributed by atoms with Gasteiger partial charge in [-0.2, -0.15) is 0 Å². The van der Waals surface area contributed by atoms with Gasteiger partial charge in [0.15, 0.2) is 5.76 Å². The van der Waals surface area contributed by atoms with Crippen molar-refractivity contribution >= 4 is 16.9 Å². The van der Waals surface area contributed by atoms with Gasteiger partial charge < -0.3 is 14.8 Å². The molecule has 1 heterocycles. The number of aliphatic hydroxyl groups is 1. The SMILES string of the molecule is Cc1c(C(=O)NCCCCCCO)oc2ccccc12. The van der Waals surface area contributed by atoms with E-state index in [4.69, 9.17) is 9.52 Å². The van der Waals surface area contributed by atoms with Gasteiger partial charge in [0, 0.05) is 24.1 Å². The summed E-state index contributed by atoms with van der Waals surface area (Å²) in [5, 5.41) is 12.5. The Morgan fingerprint density at radius 3 is 2.70 bits per heavy atom. The van der Waals surface area contributed by atoms with Gasteiger partial charge in [0.25, 0.3) is 5.91 Å². The molecule has 1 aromatic carbocycles. The lowest BCUT2D eigenvalue weighted by Crippen LogP contribution is -2.24. The standard InChI is InChI=1S/C16H21NO3/c1-12-13-8-4-5-9-14(13)20-15(12)16(19)17-10-6-2-3-7-11-18/h4-5,8-9,18H,2-3,6-7,10-11H2,1H3,(H,17,19). The Morgan fingerprint density at radius 1 is 1.20 bits per heavy atom. The van der Waals surface area contributed by atoms with E-state index in [1.165, 1.54) is 0 Å². The lowest BCUT2D eigenvalue weighted by atomic mass is 10.1. The topological polar surface area (TPSA) is 62.5 Å². The number of unbranched alkanes of at least 4 members (excludes halogenated alkanes) is 3. The molecule has 0 spiro atoms. The van der Waals surface area contributed by atoms with Crippen LogP contribution in [0.3, 0.4) is 0 Å². The molecular formula is C16H21NO3. The van der Waals surface area contributed by atoms with Crippen LogP contribution < -0.4 is 5.32 Å². The number of furan rings is 1. The molecule has 0 aliphatic rings. The van der Waals surface area contributed by atoms with Crippen LogP contribution in [0.25, 0.3) is 11.0 Å². The maximum atomic E-state index is 12.1. The molecule has 0 aliphatic carbocycles. The van der Waals surface area contributed by atoms with Crippen molar-refractivity contribution in [1.29, 1.82) is 0 Å². The fourth-order valence-electron chi connectivity index (χ4n) is 2.26. The highest BCUT2D eigenvalue weighted by Crippen LogP contribution is 2.24. The van der Waals surface area contributed by atoms with Crippen LogP contribution in [0.5, 0.6) is 0 Å². The number of carbonyl (C=O) groups excluding carboxylic acids is 1. The van der Waals surface area contributed by atoms with E-state index in [1.807, 2.05) is 31.2 Å². The van der Waals surface area contributed by atoms with Crippen LogP contribution >= 0.6 is 0 Å². The lowest BCUT2D eigenvalue weighted by Gasteiger charge is -2.03. The monoisotopic (exact) mass is 275 g/mol. The predicted octanol–water partition coefficient (Wildman–Crippen LogP) is 3.02. The number of carbonyl (C=O) groups is 1. The van der Waals surface area contributed by atoms with Gasteiger partial charge in [-0.15, -0.1) is 0 Å². The van der Waals surface area contributed by atoms with Crippen LogP contribution in [0, 0.1) is 6.92 Å². The van der Waals surface area contributed by atoms with Crippen LogP contribution in [-0.2, 0) is 0 Å². The van der Waals surface area contributed by atoms with Crippen LogP contribution in [0.4, 0.5) is 0 Å². The number of hydrogen-bond donors (Lipinski definition) is 2. The predicted molar refractivity (Wildman–Crippen MR) is 78.8 cm³/mol. The summed E-state index contributed by atoms with van der Waals surface area (Å²) in [4.78, 5) is 12.1. The molecule has 0 atom stereocenters. The molecule has 0 unspecified atom stereocenters. The van der Waals surface area contributed by atoms with Crippen LogP contribution in [0.15, 0.2) is 28.7 Å². The van der Waals surface area contributed by atoms with Crippen molar-refractivity contribution < 1.29 is 14.3 Å². The third-order valence-corrected chi connectivity index (χ3v) is 3.42. The molecule has 4 nitrogen and oxygen atoms in total. The van der Waals surface area contributed by atoms with E-state index >= 15 is 0 Å². The van der Waals surface area contributed by atoms with Crippen LogP contribution in [0.1, 0.15) is 41.8 Å². The third kappa shape index (κ3) is 3.39. The van der Waals surface area contributed by atoms with Gasteiger partial charge in [-0.3, -0.25) is 4.79 Å². The average Bonchev–Trinajstić information content (AvgIpc) is 2.80. The number of nitrogens with one attached hydrogen (secondary N) is 1. The zero-order valence-electron chi connectivity index (χ0n) is 11.8.